The first-order valence-electron chi connectivity index (χ1n) is 10.9. The van der Waals surface area contributed by atoms with Gasteiger partial charge in [-0.15, -0.1) is 0 Å². The Morgan fingerprint density at radius 1 is 0.575 bits per heavy atom. The quantitative estimate of drug-likeness (QED) is 0.198. The summed E-state index contributed by atoms with van der Waals surface area (Å²) in [5.41, 5.74) is 7.26. The van der Waals surface area contributed by atoms with Crippen LogP contribution < -0.4 is 11.5 Å². The topological polar surface area (TPSA) is 299 Å². The Balaban J connectivity index is 2.52. The first kappa shape index (κ1) is 32.0. The Labute approximate surface area is 225 Å². The summed E-state index contributed by atoms with van der Waals surface area (Å²) in [5, 5.41) is 45.0. The normalized spacial score (nSPS) is 12.0. The number of sulfonamides is 2. The van der Waals surface area contributed by atoms with E-state index in [-0.39, 0.29) is 13.1 Å². The van der Waals surface area contributed by atoms with E-state index < -0.39 is 98.5 Å². The Morgan fingerprint density at radius 3 is 1.15 bits per heavy atom. The standard InChI is InChI=1S/C18H22N8O12S2/c19-5-7-21(39(35,36)17-3-1-13(23(27)28)11-15(17)25(31)32)9-10-22(8-6-20)40(37,38)18-4-2-14(24(29)30)12-16(18)26(33)34/h1-4,11-12H,5-10,19-20H2. The van der Waals surface area contributed by atoms with E-state index in [1.54, 1.807) is 0 Å². The third-order valence-corrected chi connectivity index (χ3v) is 9.18. The minimum absolute atomic E-state index is 0.322. The number of nitro benzene ring substituents is 4. The SMILES string of the molecule is NCCN(CCN(CCN)S(=O)(=O)c1ccc([N+](=O)[O-])cc1[N+](=O)[O-])S(=O)(=O)c1ccc([N+](=O)[O-])cc1[N+](=O)[O-]. The third kappa shape index (κ3) is 6.85. The van der Waals surface area contributed by atoms with Crippen LogP contribution in [-0.4, -0.2) is 84.4 Å². The van der Waals surface area contributed by atoms with Crippen molar-refractivity contribution in [2.24, 2.45) is 11.5 Å². The highest BCUT2D eigenvalue weighted by molar-refractivity contribution is 7.89. The van der Waals surface area contributed by atoms with E-state index in [2.05, 4.69) is 0 Å². The molecule has 0 aromatic heterocycles. The molecule has 0 bridgehead atoms. The minimum atomic E-state index is -4.79. The number of rotatable bonds is 15. The summed E-state index contributed by atoms with van der Waals surface area (Å²) in [6.45, 7) is -2.92. The molecule has 0 aliphatic carbocycles. The van der Waals surface area contributed by atoms with Gasteiger partial charge in [0.25, 0.3) is 22.7 Å². The lowest BCUT2D eigenvalue weighted by atomic mass is 10.3. The molecule has 0 aliphatic rings. The maximum Gasteiger partial charge on any atom is 0.296 e. The van der Waals surface area contributed by atoms with Crippen molar-refractivity contribution in [3.8, 4) is 0 Å². The van der Waals surface area contributed by atoms with Crippen LogP contribution in [0, 0.1) is 40.5 Å². The summed E-state index contributed by atoms with van der Waals surface area (Å²) in [6.07, 6.45) is 0. The summed E-state index contributed by atoms with van der Waals surface area (Å²) in [4.78, 5) is 38.9. The molecule has 0 saturated heterocycles. The van der Waals surface area contributed by atoms with Gasteiger partial charge in [-0.05, 0) is 12.1 Å². The van der Waals surface area contributed by atoms with Gasteiger partial charge in [0.1, 0.15) is 0 Å². The van der Waals surface area contributed by atoms with Gasteiger partial charge in [-0.1, -0.05) is 0 Å². The molecule has 2 aromatic rings. The molecule has 0 saturated carbocycles. The van der Waals surface area contributed by atoms with E-state index in [1.807, 2.05) is 0 Å². The van der Waals surface area contributed by atoms with Crippen LogP contribution in [0.1, 0.15) is 0 Å². The van der Waals surface area contributed by atoms with Crippen molar-refractivity contribution >= 4 is 42.8 Å². The Bertz CT molecular complexity index is 1430. The van der Waals surface area contributed by atoms with Gasteiger partial charge >= 0.3 is 0 Å². The van der Waals surface area contributed by atoms with Crippen molar-refractivity contribution in [2.75, 3.05) is 39.3 Å². The number of nitrogens with zero attached hydrogens (tertiary/aromatic N) is 6. The maximum absolute atomic E-state index is 13.3. The van der Waals surface area contributed by atoms with E-state index in [1.165, 1.54) is 0 Å². The van der Waals surface area contributed by atoms with Gasteiger partial charge in [-0.2, -0.15) is 8.61 Å². The molecule has 2 rings (SSSR count). The summed E-state index contributed by atoms with van der Waals surface area (Å²) in [7, 11) is -9.57. The number of nitrogens with two attached hydrogens (primary N) is 2. The van der Waals surface area contributed by atoms with Crippen LogP contribution >= 0.6 is 0 Å². The molecule has 0 atom stereocenters. The monoisotopic (exact) mass is 606 g/mol. The highest BCUT2D eigenvalue weighted by Crippen LogP contribution is 2.32. The van der Waals surface area contributed by atoms with Crippen LogP contribution in [0.5, 0.6) is 0 Å². The minimum Gasteiger partial charge on any atom is -0.329 e. The molecule has 0 fully saturated rings. The smallest absolute Gasteiger partial charge is 0.296 e. The molecule has 4 N–H and O–H groups in total. The average Bonchev–Trinajstić information content (AvgIpc) is 2.89. The molecule has 0 heterocycles. The average molecular weight is 607 g/mol. The summed E-state index contributed by atoms with van der Waals surface area (Å²) < 4.78 is 54.5. The van der Waals surface area contributed by atoms with Crippen LogP contribution in [0.15, 0.2) is 46.2 Å². The van der Waals surface area contributed by atoms with Crippen molar-refractivity contribution in [1.82, 2.24) is 8.61 Å². The number of hydrogen-bond donors (Lipinski definition) is 2. The predicted octanol–water partition coefficient (Wildman–Crippen LogP) is -0.0816. The predicted molar refractivity (Wildman–Crippen MR) is 135 cm³/mol. The molecular formula is C18H22N8O12S2. The summed E-state index contributed by atoms with van der Waals surface area (Å²) >= 11 is 0. The molecule has 40 heavy (non-hydrogen) atoms. The summed E-state index contributed by atoms with van der Waals surface area (Å²) in [5.74, 6) is 0. The largest absolute Gasteiger partial charge is 0.329 e. The van der Waals surface area contributed by atoms with E-state index >= 15 is 0 Å². The van der Waals surface area contributed by atoms with Crippen molar-refractivity contribution < 1.29 is 36.5 Å². The lowest BCUT2D eigenvalue weighted by molar-refractivity contribution is -0.396. The highest BCUT2D eigenvalue weighted by atomic mass is 32.2. The maximum atomic E-state index is 13.3. The fraction of sp³-hybridized carbons (Fsp3) is 0.333. The number of hydrogen-bond acceptors (Lipinski definition) is 14. The van der Waals surface area contributed by atoms with Gasteiger partial charge in [0, 0.05) is 51.4 Å². The Hall–Kier alpha value is -4.22. The van der Waals surface area contributed by atoms with E-state index in [0.29, 0.717) is 32.9 Å². The van der Waals surface area contributed by atoms with Crippen LogP contribution in [0.3, 0.4) is 0 Å². The zero-order chi connectivity index (χ0) is 30.4. The van der Waals surface area contributed by atoms with Gasteiger partial charge < -0.3 is 11.5 Å². The molecule has 0 spiro atoms. The van der Waals surface area contributed by atoms with Crippen LogP contribution in [0.25, 0.3) is 0 Å². The molecule has 218 valence electrons. The van der Waals surface area contributed by atoms with Gasteiger partial charge in [0.2, 0.25) is 20.0 Å². The highest BCUT2D eigenvalue weighted by Gasteiger charge is 2.36. The van der Waals surface area contributed by atoms with Crippen molar-refractivity contribution in [1.29, 1.82) is 0 Å². The molecule has 20 nitrogen and oxygen atoms in total. The van der Waals surface area contributed by atoms with Crippen molar-refractivity contribution in [3.05, 3.63) is 76.9 Å². The van der Waals surface area contributed by atoms with Crippen LogP contribution in [0.4, 0.5) is 22.7 Å². The fourth-order valence-corrected chi connectivity index (χ4v) is 6.62. The zero-order valence-corrected chi connectivity index (χ0v) is 21.9. The van der Waals surface area contributed by atoms with Gasteiger partial charge in [0.05, 0.1) is 31.8 Å². The first-order valence-corrected chi connectivity index (χ1v) is 13.7. The lowest BCUT2D eigenvalue weighted by Crippen LogP contribution is -2.44. The molecule has 0 amide bonds. The van der Waals surface area contributed by atoms with Crippen LogP contribution in [0.2, 0.25) is 0 Å². The van der Waals surface area contributed by atoms with Crippen molar-refractivity contribution in [3.63, 3.8) is 0 Å². The molecule has 22 heteroatoms. The molecule has 0 unspecified atom stereocenters. The second-order valence-corrected chi connectivity index (χ2v) is 11.5. The van der Waals surface area contributed by atoms with Gasteiger partial charge in [-0.3, -0.25) is 40.5 Å². The number of non-ortho nitro benzene ring substituents is 2. The lowest BCUT2D eigenvalue weighted by Gasteiger charge is -2.26. The molecule has 0 aliphatic heterocycles. The molecule has 2 aromatic carbocycles. The van der Waals surface area contributed by atoms with Crippen LogP contribution in [-0.2, 0) is 20.0 Å². The second kappa shape index (κ2) is 12.8. The third-order valence-electron chi connectivity index (χ3n) is 5.29. The number of benzene rings is 2. The van der Waals surface area contributed by atoms with Crippen molar-refractivity contribution in [2.45, 2.75) is 9.79 Å². The summed E-state index contributed by atoms with van der Waals surface area (Å²) in [6, 6.07) is 3.69. The zero-order valence-electron chi connectivity index (χ0n) is 20.3. The van der Waals surface area contributed by atoms with E-state index in [9.17, 15) is 57.3 Å². The Kier molecular flexibility index (Phi) is 10.2. The van der Waals surface area contributed by atoms with E-state index in [0.717, 1.165) is 12.1 Å². The Morgan fingerprint density at radius 2 is 0.900 bits per heavy atom. The van der Waals surface area contributed by atoms with Gasteiger partial charge in [0.15, 0.2) is 9.79 Å². The molecular weight excluding hydrogens is 584 g/mol. The second-order valence-electron chi connectivity index (χ2n) is 7.72. The molecule has 0 radical (unpaired) electrons. The number of nitro groups is 4. The van der Waals surface area contributed by atoms with E-state index in [4.69, 9.17) is 11.5 Å². The fourth-order valence-electron chi connectivity index (χ4n) is 3.45. The first-order chi connectivity index (χ1) is 18.6. The van der Waals surface area contributed by atoms with Gasteiger partial charge in [-0.25, -0.2) is 16.8 Å².